The molecule has 1 aliphatic rings. The van der Waals surface area contributed by atoms with Crippen LogP contribution >= 0.6 is 0 Å². The van der Waals surface area contributed by atoms with E-state index >= 15 is 0 Å². The van der Waals surface area contributed by atoms with E-state index in [1.807, 2.05) is 11.9 Å². The molecule has 2 rings (SSSR count). The van der Waals surface area contributed by atoms with Crippen LogP contribution in [-0.2, 0) is 0 Å². The highest BCUT2D eigenvalue weighted by molar-refractivity contribution is 5.94. The summed E-state index contributed by atoms with van der Waals surface area (Å²) in [7, 11) is 1.97. The van der Waals surface area contributed by atoms with Gasteiger partial charge in [-0.25, -0.2) is 4.39 Å². The quantitative estimate of drug-likeness (QED) is 0.908. The number of amides is 1. The lowest BCUT2D eigenvalue weighted by Gasteiger charge is -2.38. The minimum absolute atomic E-state index is 0.0625. The zero-order valence-corrected chi connectivity index (χ0v) is 11.5. The highest BCUT2D eigenvalue weighted by atomic mass is 19.1. The number of nitrogens with one attached hydrogen (secondary N) is 1. The van der Waals surface area contributed by atoms with Gasteiger partial charge < -0.3 is 10.2 Å². The second kappa shape index (κ2) is 6.15. The van der Waals surface area contributed by atoms with E-state index in [1.165, 1.54) is 12.1 Å². The van der Waals surface area contributed by atoms with Crippen LogP contribution in [-0.4, -0.2) is 37.0 Å². The second-order valence-electron chi connectivity index (χ2n) is 5.11. The van der Waals surface area contributed by atoms with E-state index < -0.39 is 0 Å². The molecule has 1 aromatic carbocycles. The Morgan fingerprint density at radius 1 is 1.53 bits per heavy atom. The number of rotatable bonds is 3. The summed E-state index contributed by atoms with van der Waals surface area (Å²) in [5, 5.41) is 3.32. The summed E-state index contributed by atoms with van der Waals surface area (Å²) in [6.07, 6.45) is 1.99. The summed E-state index contributed by atoms with van der Waals surface area (Å²) >= 11 is 0. The molecule has 2 unspecified atom stereocenters. The first-order valence-electron chi connectivity index (χ1n) is 6.87. The van der Waals surface area contributed by atoms with Gasteiger partial charge in [-0.1, -0.05) is 19.4 Å². The third kappa shape index (κ3) is 3.13. The maximum Gasteiger partial charge on any atom is 0.253 e. The molecule has 0 aromatic heterocycles. The van der Waals surface area contributed by atoms with E-state index in [4.69, 9.17) is 0 Å². The smallest absolute Gasteiger partial charge is 0.253 e. The Balaban J connectivity index is 2.08. The standard InChI is InChI=1S/C15H21FN2O/c1-3-11-10-18(8-7-14(11)17-2)15(19)12-5-4-6-13(16)9-12/h4-6,9,11,14,17H,3,7-8,10H2,1-2H3. The molecule has 3 nitrogen and oxygen atoms in total. The molecule has 1 aliphatic heterocycles. The van der Waals surface area contributed by atoms with E-state index in [9.17, 15) is 9.18 Å². The van der Waals surface area contributed by atoms with Gasteiger partial charge in [0.2, 0.25) is 0 Å². The molecule has 1 aromatic rings. The monoisotopic (exact) mass is 264 g/mol. The molecule has 2 atom stereocenters. The average molecular weight is 264 g/mol. The Labute approximate surface area is 113 Å². The molecule has 104 valence electrons. The first kappa shape index (κ1) is 14.0. The summed E-state index contributed by atoms with van der Waals surface area (Å²) in [5.41, 5.74) is 0.442. The molecular weight excluding hydrogens is 243 g/mol. The van der Waals surface area contributed by atoms with E-state index in [-0.39, 0.29) is 11.7 Å². The predicted molar refractivity (Wildman–Crippen MR) is 73.5 cm³/mol. The van der Waals surface area contributed by atoms with Crippen LogP contribution in [0.1, 0.15) is 30.1 Å². The first-order chi connectivity index (χ1) is 9.15. The number of carbonyl (C=O) groups is 1. The van der Waals surface area contributed by atoms with Crippen LogP contribution in [0.25, 0.3) is 0 Å². The van der Waals surface area contributed by atoms with Gasteiger partial charge in [-0.15, -0.1) is 0 Å². The Kier molecular flexibility index (Phi) is 4.53. The average Bonchev–Trinajstić information content (AvgIpc) is 2.45. The highest BCUT2D eigenvalue weighted by Crippen LogP contribution is 2.21. The Morgan fingerprint density at radius 3 is 2.95 bits per heavy atom. The van der Waals surface area contributed by atoms with Crippen LogP contribution in [0.3, 0.4) is 0 Å². The largest absolute Gasteiger partial charge is 0.338 e. The van der Waals surface area contributed by atoms with Crippen molar-refractivity contribution in [1.82, 2.24) is 10.2 Å². The maximum atomic E-state index is 13.2. The van der Waals surface area contributed by atoms with Crippen molar-refractivity contribution < 1.29 is 9.18 Å². The number of benzene rings is 1. The number of carbonyl (C=O) groups excluding carboxylic acids is 1. The molecule has 1 fully saturated rings. The van der Waals surface area contributed by atoms with Crippen LogP contribution in [0.15, 0.2) is 24.3 Å². The lowest BCUT2D eigenvalue weighted by Crippen LogP contribution is -2.50. The fourth-order valence-electron chi connectivity index (χ4n) is 2.81. The van der Waals surface area contributed by atoms with Gasteiger partial charge in [-0.05, 0) is 37.6 Å². The van der Waals surface area contributed by atoms with Gasteiger partial charge in [-0.3, -0.25) is 4.79 Å². The molecule has 0 aliphatic carbocycles. The van der Waals surface area contributed by atoms with Crippen LogP contribution in [0.5, 0.6) is 0 Å². The van der Waals surface area contributed by atoms with Crippen molar-refractivity contribution in [2.45, 2.75) is 25.8 Å². The summed E-state index contributed by atoms with van der Waals surface area (Å²) in [4.78, 5) is 14.2. The van der Waals surface area contributed by atoms with E-state index in [0.717, 1.165) is 25.9 Å². The fraction of sp³-hybridized carbons (Fsp3) is 0.533. The van der Waals surface area contributed by atoms with Gasteiger partial charge in [0, 0.05) is 24.7 Å². The molecule has 0 saturated carbocycles. The third-order valence-corrected chi connectivity index (χ3v) is 3.99. The number of likely N-dealkylation sites (tertiary alicyclic amines) is 1. The number of nitrogens with zero attached hydrogens (tertiary/aromatic N) is 1. The molecule has 4 heteroatoms. The van der Waals surface area contributed by atoms with Crippen LogP contribution in [0.2, 0.25) is 0 Å². The van der Waals surface area contributed by atoms with Crippen molar-refractivity contribution >= 4 is 5.91 Å². The Bertz CT molecular complexity index is 450. The third-order valence-electron chi connectivity index (χ3n) is 3.99. The summed E-state index contributed by atoms with van der Waals surface area (Å²) in [6, 6.07) is 6.41. The van der Waals surface area contributed by atoms with Gasteiger partial charge in [0.15, 0.2) is 0 Å². The predicted octanol–water partition coefficient (Wildman–Crippen LogP) is 2.29. The fourth-order valence-corrected chi connectivity index (χ4v) is 2.81. The van der Waals surface area contributed by atoms with Gasteiger partial charge in [0.05, 0.1) is 0 Å². The van der Waals surface area contributed by atoms with Gasteiger partial charge in [0.1, 0.15) is 5.82 Å². The van der Waals surface area contributed by atoms with Gasteiger partial charge in [-0.2, -0.15) is 0 Å². The van der Waals surface area contributed by atoms with Crippen LogP contribution < -0.4 is 5.32 Å². The molecular formula is C15H21FN2O. The lowest BCUT2D eigenvalue weighted by molar-refractivity contribution is 0.0631. The van der Waals surface area contributed by atoms with E-state index in [0.29, 0.717) is 17.5 Å². The lowest BCUT2D eigenvalue weighted by atomic mass is 9.89. The topological polar surface area (TPSA) is 32.3 Å². The van der Waals surface area contributed by atoms with Crippen LogP contribution in [0, 0.1) is 11.7 Å². The number of hydrogen-bond donors (Lipinski definition) is 1. The highest BCUT2D eigenvalue weighted by Gasteiger charge is 2.29. The first-order valence-corrected chi connectivity index (χ1v) is 6.87. The molecule has 19 heavy (non-hydrogen) atoms. The number of hydrogen-bond acceptors (Lipinski definition) is 2. The minimum Gasteiger partial charge on any atom is -0.338 e. The molecule has 0 bridgehead atoms. The maximum absolute atomic E-state index is 13.2. The van der Waals surface area contributed by atoms with Gasteiger partial charge >= 0.3 is 0 Å². The van der Waals surface area contributed by atoms with E-state index in [1.54, 1.807) is 12.1 Å². The van der Waals surface area contributed by atoms with Crippen LogP contribution in [0.4, 0.5) is 4.39 Å². The number of halogens is 1. The van der Waals surface area contributed by atoms with Crippen molar-refractivity contribution in [2.24, 2.45) is 5.92 Å². The molecule has 0 radical (unpaired) electrons. The second-order valence-corrected chi connectivity index (χ2v) is 5.11. The van der Waals surface area contributed by atoms with Crippen molar-refractivity contribution in [1.29, 1.82) is 0 Å². The molecule has 1 saturated heterocycles. The van der Waals surface area contributed by atoms with E-state index in [2.05, 4.69) is 12.2 Å². The van der Waals surface area contributed by atoms with Crippen molar-refractivity contribution in [3.05, 3.63) is 35.6 Å². The number of piperidine rings is 1. The van der Waals surface area contributed by atoms with Gasteiger partial charge in [0.25, 0.3) is 5.91 Å². The SMILES string of the molecule is CCC1CN(C(=O)c2cccc(F)c2)CCC1NC. The molecule has 1 heterocycles. The van der Waals surface area contributed by atoms with Crippen molar-refractivity contribution in [2.75, 3.05) is 20.1 Å². The zero-order valence-electron chi connectivity index (χ0n) is 11.5. The molecule has 1 amide bonds. The Hall–Kier alpha value is -1.42. The normalized spacial score (nSPS) is 23.4. The minimum atomic E-state index is -0.358. The molecule has 0 spiro atoms. The summed E-state index contributed by atoms with van der Waals surface area (Å²) < 4.78 is 13.2. The summed E-state index contributed by atoms with van der Waals surface area (Å²) in [6.45, 7) is 3.62. The van der Waals surface area contributed by atoms with Crippen molar-refractivity contribution in [3.8, 4) is 0 Å². The molecule has 1 N–H and O–H groups in total. The summed E-state index contributed by atoms with van der Waals surface area (Å²) in [5.74, 6) is 0.0479. The Morgan fingerprint density at radius 2 is 2.32 bits per heavy atom. The van der Waals surface area contributed by atoms with Crippen molar-refractivity contribution in [3.63, 3.8) is 0 Å². The zero-order chi connectivity index (χ0) is 13.8.